The van der Waals surface area contributed by atoms with E-state index in [0.29, 0.717) is 28.1 Å². The molecule has 0 atom stereocenters. The average molecular weight is 492 g/mol. The molecule has 0 radical (unpaired) electrons. The van der Waals surface area contributed by atoms with Crippen molar-refractivity contribution in [2.75, 3.05) is 5.32 Å². The highest BCUT2D eigenvalue weighted by atomic mass is 79.9. The second-order valence-electron chi connectivity index (χ2n) is 6.63. The number of aromatic nitrogens is 6. The SMILES string of the molecule is O=C(Nc1nnc(Cn2nnc(-c3cccc4ccccc34)n2)s1)c1ccc(Br)cc1. The third-order valence-electron chi connectivity index (χ3n) is 4.55. The van der Waals surface area contributed by atoms with Crippen LogP contribution in [0.3, 0.4) is 0 Å². The molecule has 2 heterocycles. The van der Waals surface area contributed by atoms with E-state index in [1.54, 1.807) is 12.1 Å². The van der Waals surface area contributed by atoms with Gasteiger partial charge in [-0.1, -0.05) is 69.7 Å². The summed E-state index contributed by atoms with van der Waals surface area (Å²) in [5.74, 6) is 0.303. The molecule has 152 valence electrons. The second-order valence-corrected chi connectivity index (χ2v) is 8.61. The number of rotatable bonds is 5. The Kier molecular flexibility index (Phi) is 5.23. The molecule has 0 fully saturated rings. The Labute approximate surface area is 189 Å². The average Bonchev–Trinajstić information content (AvgIpc) is 3.43. The number of anilines is 1. The summed E-state index contributed by atoms with van der Waals surface area (Å²) < 4.78 is 0.908. The van der Waals surface area contributed by atoms with Crippen LogP contribution in [0.25, 0.3) is 22.2 Å². The molecule has 10 heteroatoms. The molecule has 0 saturated carbocycles. The Morgan fingerprint density at radius 3 is 2.65 bits per heavy atom. The molecular formula is C21H14BrN7OS. The number of fused-ring (bicyclic) bond motifs is 1. The topological polar surface area (TPSA) is 98.5 Å². The lowest BCUT2D eigenvalue weighted by molar-refractivity contribution is 0.102. The van der Waals surface area contributed by atoms with Crippen LogP contribution in [0.5, 0.6) is 0 Å². The Morgan fingerprint density at radius 2 is 1.77 bits per heavy atom. The maximum Gasteiger partial charge on any atom is 0.257 e. The highest BCUT2D eigenvalue weighted by molar-refractivity contribution is 9.10. The Hall–Kier alpha value is -3.50. The third kappa shape index (κ3) is 4.21. The van der Waals surface area contributed by atoms with Gasteiger partial charge in [-0.15, -0.1) is 20.4 Å². The lowest BCUT2D eigenvalue weighted by Gasteiger charge is -2.01. The minimum absolute atomic E-state index is 0.243. The van der Waals surface area contributed by atoms with Crippen LogP contribution in [0.4, 0.5) is 5.13 Å². The van der Waals surface area contributed by atoms with Gasteiger partial charge in [0.1, 0.15) is 11.6 Å². The molecule has 0 aliphatic heterocycles. The van der Waals surface area contributed by atoms with Gasteiger partial charge in [0.2, 0.25) is 11.0 Å². The van der Waals surface area contributed by atoms with Crippen LogP contribution >= 0.6 is 27.3 Å². The van der Waals surface area contributed by atoms with Gasteiger partial charge in [0, 0.05) is 15.6 Å². The third-order valence-corrected chi connectivity index (χ3v) is 5.91. The molecule has 1 amide bonds. The van der Waals surface area contributed by atoms with Crippen LogP contribution in [-0.2, 0) is 6.54 Å². The number of amides is 1. The van der Waals surface area contributed by atoms with Gasteiger partial charge in [-0.25, -0.2) is 0 Å². The van der Waals surface area contributed by atoms with E-state index in [9.17, 15) is 4.79 Å². The molecule has 31 heavy (non-hydrogen) atoms. The van der Waals surface area contributed by atoms with Crippen LogP contribution in [0.15, 0.2) is 71.2 Å². The molecule has 3 aromatic carbocycles. The van der Waals surface area contributed by atoms with Crippen LogP contribution < -0.4 is 5.32 Å². The van der Waals surface area contributed by atoms with Crippen LogP contribution in [0.1, 0.15) is 15.4 Å². The number of nitrogens with zero attached hydrogens (tertiary/aromatic N) is 6. The number of hydrogen-bond donors (Lipinski definition) is 1. The van der Waals surface area contributed by atoms with Gasteiger partial charge < -0.3 is 0 Å². The summed E-state index contributed by atoms with van der Waals surface area (Å²) in [7, 11) is 0. The van der Waals surface area contributed by atoms with Crippen LogP contribution in [0, 0.1) is 0 Å². The second kappa shape index (κ2) is 8.32. The minimum atomic E-state index is -0.243. The number of halogens is 1. The summed E-state index contributed by atoms with van der Waals surface area (Å²) in [6, 6.07) is 21.2. The summed E-state index contributed by atoms with van der Waals surface area (Å²) >= 11 is 4.62. The highest BCUT2D eigenvalue weighted by Crippen LogP contribution is 2.25. The first-order valence-corrected chi connectivity index (χ1v) is 10.9. The summed E-state index contributed by atoms with van der Waals surface area (Å²) in [5.41, 5.74) is 1.46. The van der Waals surface area contributed by atoms with Gasteiger partial charge in [0.05, 0.1) is 0 Å². The normalized spacial score (nSPS) is 11.0. The largest absolute Gasteiger partial charge is 0.296 e. The van der Waals surface area contributed by atoms with Gasteiger partial charge in [0.25, 0.3) is 5.91 Å². The summed E-state index contributed by atoms with van der Waals surface area (Å²) in [4.78, 5) is 13.8. The maximum atomic E-state index is 12.3. The van der Waals surface area contributed by atoms with Crippen LogP contribution in [0.2, 0.25) is 0 Å². The van der Waals surface area contributed by atoms with Crippen LogP contribution in [-0.4, -0.2) is 36.3 Å². The molecule has 8 nitrogen and oxygen atoms in total. The van der Waals surface area contributed by atoms with Gasteiger partial charge in [-0.2, -0.15) is 4.80 Å². The Morgan fingerprint density at radius 1 is 0.968 bits per heavy atom. The zero-order valence-electron chi connectivity index (χ0n) is 15.9. The first-order chi connectivity index (χ1) is 15.2. The highest BCUT2D eigenvalue weighted by Gasteiger charge is 2.13. The quantitative estimate of drug-likeness (QED) is 0.391. The lowest BCUT2D eigenvalue weighted by atomic mass is 10.0. The first kappa shape index (κ1) is 19.5. The molecule has 0 aliphatic rings. The van der Waals surface area contributed by atoms with Gasteiger partial charge in [-0.05, 0) is 40.3 Å². The maximum absolute atomic E-state index is 12.3. The van der Waals surface area contributed by atoms with Gasteiger partial charge >= 0.3 is 0 Å². The Balaban J connectivity index is 1.30. The zero-order valence-corrected chi connectivity index (χ0v) is 18.3. The van der Waals surface area contributed by atoms with E-state index in [-0.39, 0.29) is 5.91 Å². The summed E-state index contributed by atoms with van der Waals surface area (Å²) in [6.45, 7) is 0.309. The van der Waals surface area contributed by atoms with Crippen molar-refractivity contribution in [2.24, 2.45) is 0 Å². The van der Waals surface area contributed by atoms with E-state index in [2.05, 4.69) is 59.0 Å². The molecule has 0 bridgehead atoms. The lowest BCUT2D eigenvalue weighted by Crippen LogP contribution is -2.11. The molecule has 0 saturated heterocycles. The van der Waals surface area contributed by atoms with E-state index in [4.69, 9.17) is 0 Å². The number of carbonyl (C=O) groups is 1. The summed E-state index contributed by atoms with van der Waals surface area (Å²) in [6.07, 6.45) is 0. The van der Waals surface area contributed by atoms with Gasteiger partial charge in [0.15, 0.2) is 0 Å². The molecule has 0 unspecified atom stereocenters. The fraction of sp³-hybridized carbons (Fsp3) is 0.0476. The van der Waals surface area contributed by atoms with E-state index >= 15 is 0 Å². The predicted octanol–water partition coefficient (Wildman–Crippen LogP) is 4.41. The van der Waals surface area contributed by atoms with Gasteiger partial charge in [-0.3, -0.25) is 10.1 Å². The van der Waals surface area contributed by atoms with E-state index in [1.165, 1.54) is 16.1 Å². The molecule has 0 spiro atoms. The Bertz CT molecular complexity index is 1370. The fourth-order valence-corrected chi connectivity index (χ4v) is 4.07. The molecule has 1 N–H and O–H groups in total. The summed E-state index contributed by atoms with van der Waals surface area (Å²) in [5, 5.41) is 27.0. The van der Waals surface area contributed by atoms with Crippen molar-refractivity contribution >= 4 is 49.1 Å². The smallest absolute Gasteiger partial charge is 0.257 e. The van der Waals surface area contributed by atoms with Crippen molar-refractivity contribution in [3.05, 3.63) is 81.8 Å². The molecule has 5 rings (SSSR count). The fourth-order valence-electron chi connectivity index (χ4n) is 3.10. The van der Waals surface area contributed by atoms with Crippen molar-refractivity contribution in [3.63, 3.8) is 0 Å². The number of benzene rings is 3. The predicted molar refractivity (Wildman–Crippen MR) is 122 cm³/mol. The minimum Gasteiger partial charge on any atom is -0.296 e. The van der Waals surface area contributed by atoms with Crippen molar-refractivity contribution in [1.29, 1.82) is 0 Å². The molecule has 2 aromatic heterocycles. The zero-order chi connectivity index (χ0) is 21.2. The molecule has 0 aliphatic carbocycles. The molecule has 5 aromatic rings. The van der Waals surface area contributed by atoms with Crippen molar-refractivity contribution in [2.45, 2.75) is 6.54 Å². The monoisotopic (exact) mass is 491 g/mol. The van der Waals surface area contributed by atoms with Crippen molar-refractivity contribution < 1.29 is 4.79 Å². The van der Waals surface area contributed by atoms with Crippen molar-refractivity contribution in [1.82, 2.24) is 30.4 Å². The first-order valence-electron chi connectivity index (χ1n) is 9.31. The number of carbonyl (C=O) groups excluding carboxylic acids is 1. The van der Waals surface area contributed by atoms with E-state index in [0.717, 1.165) is 20.8 Å². The van der Waals surface area contributed by atoms with E-state index < -0.39 is 0 Å². The van der Waals surface area contributed by atoms with E-state index in [1.807, 2.05) is 42.5 Å². The standard InChI is InChI=1S/C21H14BrN7OS/c22-15-10-8-14(9-11-15)20(30)23-21-26-24-18(31-21)12-29-27-19(25-28-29)17-7-3-5-13-4-1-2-6-16(13)17/h1-11H,12H2,(H,23,26,30). The number of hydrogen-bond acceptors (Lipinski definition) is 7. The molecular weight excluding hydrogens is 478 g/mol. The number of tetrazole rings is 1. The van der Waals surface area contributed by atoms with Crippen molar-refractivity contribution in [3.8, 4) is 11.4 Å². The number of nitrogens with one attached hydrogen (secondary N) is 1.